The maximum absolute atomic E-state index is 4.63. The first kappa shape index (κ1) is 12.0. The van der Waals surface area contributed by atoms with Gasteiger partial charge in [0.05, 0.1) is 11.0 Å². The SMILES string of the molecule is CCCc1ccc2nc(N(CC)CC)[nH]c2c1. The van der Waals surface area contributed by atoms with Gasteiger partial charge < -0.3 is 9.88 Å². The van der Waals surface area contributed by atoms with Crippen LogP contribution < -0.4 is 4.90 Å². The number of fused-ring (bicyclic) bond motifs is 1. The molecule has 0 amide bonds. The molecule has 92 valence electrons. The first-order valence-electron chi connectivity index (χ1n) is 6.52. The van der Waals surface area contributed by atoms with E-state index in [0.29, 0.717) is 0 Å². The van der Waals surface area contributed by atoms with Crippen LogP contribution in [0.4, 0.5) is 5.95 Å². The van der Waals surface area contributed by atoms with Crippen molar-refractivity contribution in [3.05, 3.63) is 23.8 Å². The van der Waals surface area contributed by atoms with E-state index in [4.69, 9.17) is 0 Å². The Morgan fingerprint density at radius 2 is 1.94 bits per heavy atom. The molecule has 0 aliphatic carbocycles. The van der Waals surface area contributed by atoms with Crippen molar-refractivity contribution in [2.24, 2.45) is 0 Å². The molecule has 1 aromatic carbocycles. The molecule has 1 heterocycles. The molecule has 1 aromatic heterocycles. The summed E-state index contributed by atoms with van der Waals surface area (Å²) in [6, 6.07) is 6.52. The number of aryl methyl sites for hydroxylation is 1. The maximum Gasteiger partial charge on any atom is 0.203 e. The minimum absolute atomic E-state index is 0.984. The smallest absolute Gasteiger partial charge is 0.203 e. The van der Waals surface area contributed by atoms with Gasteiger partial charge in [-0.15, -0.1) is 0 Å². The molecule has 0 bridgehead atoms. The molecular formula is C14H21N3. The van der Waals surface area contributed by atoms with Crippen LogP contribution in [0.1, 0.15) is 32.8 Å². The Morgan fingerprint density at radius 3 is 2.59 bits per heavy atom. The summed E-state index contributed by atoms with van der Waals surface area (Å²) in [4.78, 5) is 10.3. The van der Waals surface area contributed by atoms with Crippen LogP contribution in [0, 0.1) is 0 Å². The van der Waals surface area contributed by atoms with Crippen molar-refractivity contribution in [2.45, 2.75) is 33.6 Å². The molecule has 0 aliphatic rings. The Labute approximate surface area is 103 Å². The monoisotopic (exact) mass is 231 g/mol. The first-order valence-corrected chi connectivity index (χ1v) is 6.52. The molecule has 0 atom stereocenters. The minimum atomic E-state index is 0.984. The zero-order chi connectivity index (χ0) is 12.3. The Balaban J connectivity index is 2.36. The predicted molar refractivity (Wildman–Crippen MR) is 73.6 cm³/mol. The lowest BCUT2D eigenvalue weighted by Gasteiger charge is -2.16. The standard InChI is InChI=1S/C14H21N3/c1-4-7-11-8-9-12-13(10-11)16-14(15-12)17(5-2)6-3/h8-10H,4-7H2,1-3H3,(H,15,16). The third kappa shape index (κ3) is 2.43. The number of imidazole rings is 1. The van der Waals surface area contributed by atoms with Crippen molar-refractivity contribution in [3.63, 3.8) is 0 Å². The second-order valence-electron chi connectivity index (χ2n) is 4.33. The predicted octanol–water partition coefficient (Wildman–Crippen LogP) is 3.36. The maximum atomic E-state index is 4.63. The Bertz CT molecular complexity index is 483. The van der Waals surface area contributed by atoms with E-state index in [1.54, 1.807) is 0 Å². The molecule has 2 aromatic rings. The summed E-state index contributed by atoms with van der Waals surface area (Å²) < 4.78 is 0. The summed E-state index contributed by atoms with van der Waals surface area (Å²) in [6.07, 6.45) is 2.32. The molecule has 0 saturated heterocycles. The van der Waals surface area contributed by atoms with Crippen LogP contribution in [-0.2, 0) is 6.42 Å². The summed E-state index contributed by atoms with van der Waals surface area (Å²) in [7, 11) is 0. The van der Waals surface area contributed by atoms with E-state index < -0.39 is 0 Å². The van der Waals surface area contributed by atoms with Crippen molar-refractivity contribution in [1.29, 1.82) is 0 Å². The lowest BCUT2D eigenvalue weighted by atomic mass is 10.1. The highest BCUT2D eigenvalue weighted by Gasteiger charge is 2.08. The molecule has 0 aliphatic heterocycles. The number of aromatic amines is 1. The van der Waals surface area contributed by atoms with E-state index in [1.165, 1.54) is 12.0 Å². The van der Waals surface area contributed by atoms with Crippen LogP contribution in [0.2, 0.25) is 0 Å². The van der Waals surface area contributed by atoms with E-state index in [2.05, 4.69) is 53.8 Å². The van der Waals surface area contributed by atoms with Crippen molar-refractivity contribution >= 4 is 17.0 Å². The van der Waals surface area contributed by atoms with Gasteiger partial charge in [0, 0.05) is 13.1 Å². The van der Waals surface area contributed by atoms with Gasteiger partial charge in [0.15, 0.2) is 0 Å². The average molecular weight is 231 g/mol. The zero-order valence-corrected chi connectivity index (χ0v) is 11.0. The number of rotatable bonds is 5. The van der Waals surface area contributed by atoms with Crippen molar-refractivity contribution in [1.82, 2.24) is 9.97 Å². The van der Waals surface area contributed by atoms with Crippen molar-refractivity contribution in [3.8, 4) is 0 Å². The van der Waals surface area contributed by atoms with Gasteiger partial charge in [0.1, 0.15) is 0 Å². The van der Waals surface area contributed by atoms with Gasteiger partial charge in [0.25, 0.3) is 0 Å². The van der Waals surface area contributed by atoms with E-state index in [9.17, 15) is 0 Å². The van der Waals surface area contributed by atoms with E-state index in [-0.39, 0.29) is 0 Å². The highest BCUT2D eigenvalue weighted by molar-refractivity contribution is 5.78. The largest absolute Gasteiger partial charge is 0.343 e. The van der Waals surface area contributed by atoms with Crippen LogP contribution in [0.15, 0.2) is 18.2 Å². The van der Waals surface area contributed by atoms with Crippen molar-refractivity contribution in [2.75, 3.05) is 18.0 Å². The molecule has 0 fully saturated rings. The van der Waals surface area contributed by atoms with E-state index in [1.807, 2.05) is 0 Å². The Morgan fingerprint density at radius 1 is 1.18 bits per heavy atom. The molecule has 0 spiro atoms. The Kier molecular flexibility index (Phi) is 3.67. The molecule has 1 N–H and O–H groups in total. The van der Waals surface area contributed by atoms with Gasteiger partial charge in [-0.05, 0) is 38.0 Å². The third-order valence-electron chi connectivity index (χ3n) is 3.14. The van der Waals surface area contributed by atoms with Gasteiger partial charge in [-0.1, -0.05) is 19.4 Å². The molecule has 0 radical (unpaired) electrons. The number of hydrogen-bond acceptors (Lipinski definition) is 2. The van der Waals surface area contributed by atoms with Gasteiger partial charge in [-0.2, -0.15) is 0 Å². The lowest BCUT2D eigenvalue weighted by molar-refractivity contribution is 0.835. The van der Waals surface area contributed by atoms with Gasteiger partial charge >= 0.3 is 0 Å². The zero-order valence-electron chi connectivity index (χ0n) is 11.0. The van der Waals surface area contributed by atoms with Crippen LogP contribution in [0.5, 0.6) is 0 Å². The topological polar surface area (TPSA) is 31.9 Å². The number of hydrogen-bond donors (Lipinski definition) is 1. The molecule has 17 heavy (non-hydrogen) atoms. The number of benzene rings is 1. The Hall–Kier alpha value is -1.51. The van der Waals surface area contributed by atoms with Crippen LogP contribution >= 0.6 is 0 Å². The normalized spacial score (nSPS) is 11.0. The van der Waals surface area contributed by atoms with E-state index in [0.717, 1.165) is 36.5 Å². The molecule has 3 nitrogen and oxygen atoms in total. The fraction of sp³-hybridized carbons (Fsp3) is 0.500. The number of nitrogens with zero attached hydrogens (tertiary/aromatic N) is 2. The number of nitrogens with one attached hydrogen (secondary N) is 1. The fourth-order valence-electron chi connectivity index (χ4n) is 2.16. The highest BCUT2D eigenvalue weighted by Crippen LogP contribution is 2.19. The van der Waals surface area contributed by atoms with Crippen LogP contribution in [-0.4, -0.2) is 23.1 Å². The fourth-order valence-corrected chi connectivity index (χ4v) is 2.16. The molecule has 0 saturated carbocycles. The summed E-state index contributed by atoms with van der Waals surface area (Å²) in [5, 5.41) is 0. The molecule has 2 rings (SSSR count). The number of H-pyrrole nitrogens is 1. The summed E-state index contributed by atoms with van der Waals surface area (Å²) in [5.41, 5.74) is 3.60. The third-order valence-corrected chi connectivity index (χ3v) is 3.14. The molecule has 0 unspecified atom stereocenters. The van der Waals surface area contributed by atoms with E-state index >= 15 is 0 Å². The summed E-state index contributed by atoms with van der Waals surface area (Å²) in [6.45, 7) is 8.48. The quantitative estimate of drug-likeness (QED) is 0.855. The second-order valence-corrected chi connectivity index (χ2v) is 4.33. The van der Waals surface area contributed by atoms with Crippen molar-refractivity contribution < 1.29 is 0 Å². The van der Waals surface area contributed by atoms with Crippen LogP contribution in [0.3, 0.4) is 0 Å². The number of anilines is 1. The molecule has 3 heteroatoms. The summed E-state index contributed by atoms with van der Waals surface area (Å²) >= 11 is 0. The summed E-state index contributed by atoms with van der Waals surface area (Å²) in [5.74, 6) is 0.985. The van der Waals surface area contributed by atoms with Crippen LogP contribution in [0.25, 0.3) is 11.0 Å². The molecular weight excluding hydrogens is 210 g/mol. The number of aromatic nitrogens is 2. The second kappa shape index (κ2) is 5.21. The first-order chi connectivity index (χ1) is 8.28. The highest BCUT2D eigenvalue weighted by atomic mass is 15.2. The van der Waals surface area contributed by atoms with Gasteiger partial charge in [-0.25, -0.2) is 4.98 Å². The lowest BCUT2D eigenvalue weighted by Crippen LogP contribution is -2.22. The van der Waals surface area contributed by atoms with Gasteiger partial charge in [0.2, 0.25) is 5.95 Å². The minimum Gasteiger partial charge on any atom is -0.343 e. The van der Waals surface area contributed by atoms with Gasteiger partial charge in [-0.3, -0.25) is 0 Å². The average Bonchev–Trinajstić information content (AvgIpc) is 2.74.